The summed E-state index contributed by atoms with van der Waals surface area (Å²) in [6.45, 7) is 0. The molecule has 108 valence electrons. The van der Waals surface area contributed by atoms with E-state index in [1.807, 2.05) is 48.6 Å². The molecule has 2 rings (SSSR count). The molecule has 0 saturated heterocycles. The smallest absolute Gasteiger partial charge is 0.128 e. The average Bonchev–Trinajstić information content (AvgIpc) is 2.93. The van der Waals surface area contributed by atoms with Gasteiger partial charge in [0.25, 0.3) is 0 Å². The fourth-order valence-electron chi connectivity index (χ4n) is 2.52. The number of nitrogens with zero attached hydrogens (tertiary/aromatic N) is 2. The van der Waals surface area contributed by atoms with Gasteiger partial charge in [0.1, 0.15) is 17.7 Å². The van der Waals surface area contributed by atoms with Crippen molar-refractivity contribution < 1.29 is 0 Å². The van der Waals surface area contributed by atoms with Crippen LogP contribution in [-0.4, -0.2) is 0 Å². The van der Waals surface area contributed by atoms with Crippen LogP contribution in [0.2, 0.25) is 0 Å². The van der Waals surface area contributed by atoms with E-state index in [0.717, 1.165) is 5.57 Å². The van der Waals surface area contributed by atoms with Crippen molar-refractivity contribution in [3.05, 3.63) is 84.1 Å². The minimum Gasteiger partial charge on any atom is -0.192 e. The zero-order valence-electron chi connectivity index (χ0n) is 12.4. The highest BCUT2D eigenvalue weighted by Crippen LogP contribution is 2.27. The van der Waals surface area contributed by atoms with Gasteiger partial charge in [0.05, 0.1) is 0 Å². The van der Waals surface area contributed by atoms with Gasteiger partial charge in [-0.15, -0.1) is 0 Å². The summed E-state index contributed by atoms with van der Waals surface area (Å²) in [4.78, 5) is 0. The highest BCUT2D eigenvalue weighted by Gasteiger charge is 2.14. The minimum atomic E-state index is 0.221. The molecule has 2 nitrogen and oxygen atoms in total. The lowest BCUT2D eigenvalue weighted by Crippen LogP contribution is -2.03. The maximum Gasteiger partial charge on any atom is 0.128 e. The van der Waals surface area contributed by atoms with E-state index in [1.165, 1.54) is 0 Å². The van der Waals surface area contributed by atoms with Gasteiger partial charge >= 0.3 is 0 Å². The van der Waals surface area contributed by atoms with E-state index in [1.54, 1.807) is 0 Å². The van der Waals surface area contributed by atoms with Crippen molar-refractivity contribution in [2.75, 3.05) is 0 Å². The Bertz CT molecular complexity index is 592. The lowest BCUT2D eigenvalue weighted by Gasteiger charge is -2.15. The van der Waals surface area contributed by atoms with Crippen LogP contribution < -0.4 is 0 Å². The van der Waals surface area contributed by atoms with Crippen molar-refractivity contribution in [2.45, 2.75) is 12.8 Å². The molecule has 0 bridgehead atoms. The Hall–Kier alpha value is -2.84. The van der Waals surface area contributed by atoms with Gasteiger partial charge in [-0.1, -0.05) is 72.9 Å². The third-order valence-electron chi connectivity index (χ3n) is 3.64. The Labute approximate surface area is 132 Å². The predicted molar refractivity (Wildman–Crippen MR) is 89.3 cm³/mol. The SMILES string of the molecule is N#CC(C#N)=C(CC1C=CC=CC=C1)CC1C=CC=CC=C1. The maximum absolute atomic E-state index is 9.24. The van der Waals surface area contributed by atoms with Gasteiger partial charge in [-0.2, -0.15) is 10.5 Å². The summed E-state index contributed by atoms with van der Waals surface area (Å²) >= 11 is 0. The van der Waals surface area contributed by atoms with E-state index in [2.05, 4.69) is 36.4 Å². The zero-order valence-corrected chi connectivity index (χ0v) is 12.4. The van der Waals surface area contributed by atoms with Gasteiger partial charge < -0.3 is 0 Å². The summed E-state index contributed by atoms with van der Waals surface area (Å²) in [5, 5.41) is 18.5. The first kappa shape index (κ1) is 15.5. The third-order valence-corrected chi connectivity index (χ3v) is 3.64. The highest BCUT2D eigenvalue weighted by molar-refractivity contribution is 5.42. The first-order chi connectivity index (χ1) is 10.8. The molecule has 0 aromatic carbocycles. The van der Waals surface area contributed by atoms with E-state index >= 15 is 0 Å². The molecule has 22 heavy (non-hydrogen) atoms. The molecule has 0 atom stereocenters. The van der Waals surface area contributed by atoms with Gasteiger partial charge in [0.2, 0.25) is 0 Å². The van der Waals surface area contributed by atoms with E-state index in [9.17, 15) is 10.5 Å². The van der Waals surface area contributed by atoms with Gasteiger partial charge in [-0.05, 0) is 30.3 Å². The number of allylic oxidation sites excluding steroid dienone is 14. The molecule has 2 heteroatoms. The molecule has 0 radical (unpaired) electrons. The second-order valence-electron chi connectivity index (χ2n) is 5.25. The lowest BCUT2D eigenvalue weighted by atomic mass is 9.88. The van der Waals surface area contributed by atoms with Gasteiger partial charge in [-0.3, -0.25) is 0 Å². The van der Waals surface area contributed by atoms with Crippen LogP contribution in [0.15, 0.2) is 84.1 Å². The molecule has 0 heterocycles. The molecule has 0 aromatic rings. The largest absolute Gasteiger partial charge is 0.192 e. The Morgan fingerprint density at radius 1 is 0.636 bits per heavy atom. The molecule has 0 aliphatic heterocycles. The molecule has 0 amide bonds. The number of hydrogen-bond donors (Lipinski definition) is 0. The van der Waals surface area contributed by atoms with Gasteiger partial charge in [0, 0.05) is 0 Å². The summed E-state index contributed by atoms with van der Waals surface area (Å²) in [5.41, 5.74) is 1.17. The van der Waals surface area contributed by atoms with Crippen LogP contribution in [0.3, 0.4) is 0 Å². The summed E-state index contributed by atoms with van der Waals surface area (Å²) in [6, 6.07) is 4.11. The topological polar surface area (TPSA) is 47.6 Å². The van der Waals surface area contributed by atoms with Crippen molar-refractivity contribution in [1.29, 1.82) is 10.5 Å². The normalized spacial score (nSPS) is 16.8. The van der Waals surface area contributed by atoms with Crippen molar-refractivity contribution in [2.24, 2.45) is 11.8 Å². The van der Waals surface area contributed by atoms with Crippen molar-refractivity contribution in [3.8, 4) is 12.1 Å². The first-order valence-corrected chi connectivity index (χ1v) is 7.39. The Kier molecular flexibility index (Phi) is 5.97. The number of nitriles is 2. The average molecular weight is 286 g/mol. The molecule has 0 unspecified atom stereocenters. The van der Waals surface area contributed by atoms with Crippen LogP contribution in [0.4, 0.5) is 0 Å². The zero-order chi connectivity index (χ0) is 15.6. The van der Waals surface area contributed by atoms with Crippen LogP contribution in [-0.2, 0) is 0 Å². The summed E-state index contributed by atoms with van der Waals surface area (Å²) in [7, 11) is 0. The maximum atomic E-state index is 9.24. The molecular weight excluding hydrogens is 268 g/mol. The summed E-state index contributed by atoms with van der Waals surface area (Å²) in [5.74, 6) is 0.442. The van der Waals surface area contributed by atoms with E-state index in [-0.39, 0.29) is 17.4 Å². The van der Waals surface area contributed by atoms with Crippen molar-refractivity contribution >= 4 is 0 Å². The number of hydrogen-bond acceptors (Lipinski definition) is 2. The molecule has 0 aromatic heterocycles. The minimum absolute atomic E-state index is 0.221. The molecule has 0 fully saturated rings. The summed E-state index contributed by atoms with van der Waals surface area (Å²) in [6.07, 6.45) is 25.8. The van der Waals surface area contributed by atoms with E-state index in [4.69, 9.17) is 0 Å². The predicted octanol–water partition coefficient (Wildman–Crippen LogP) is 4.71. The molecule has 0 N–H and O–H groups in total. The fourth-order valence-corrected chi connectivity index (χ4v) is 2.52. The molecule has 2 aliphatic carbocycles. The highest BCUT2D eigenvalue weighted by atomic mass is 14.3. The van der Waals surface area contributed by atoms with Crippen LogP contribution in [0.25, 0.3) is 0 Å². The lowest BCUT2D eigenvalue weighted by molar-refractivity contribution is 0.699. The monoisotopic (exact) mass is 286 g/mol. The van der Waals surface area contributed by atoms with Crippen LogP contribution in [0, 0.1) is 34.5 Å². The molecular formula is C20H18N2. The van der Waals surface area contributed by atoms with Gasteiger partial charge in [0.15, 0.2) is 0 Å². The first-order valence-electron chi connectivity index (χ1n) is 7.39. The van der Waals surface area contributed by atoms with E-state index < -0.39 is 0 Å². The summed E-state index contributed by atoms with van der Waals surface area (Å²) < 4.78 is 0. The van der Waals surface area contributed by atoms with Crippen molar-refractivity contribution in [1.82, 2.24) is 0 Å². The standard InChI is InChI=1S/C20H18N2/c21-15-20(16-22)19(13-17-9-5-1-2-6-10-17)14-18-11-7-3-4-8-12-18/h1-12,17-18H,13-14H2. The Morgan fingerprint density at radius 2 is 1.00 bits per heavy atom. The van der Waals surface area contributed by atoms with Crippen LogP contribution in [0.5, 0.6) is 0 Å². The quantitative estimate of drug-likeness (QED) is 0.703. The van der Waals surface area contributed by atoms with Gasteiger partial charge in [-0.25, -0.2) is 0 Å². The Morgan fingerprint density at radius 3 is 1.32 bits per heavy atom. The van der Waals surface area contributed by atoms with E-state index in [0.29, 0.717) is 12.8 Å². The van der Waals surface area contributed by atoms with Crippen LogP contribution >= 0.6 is 0 Å². The van der Waals surface area contributed by atoms with Crippen molar-refractivity contribution in [3.63, 3.8) is 0 Å². The Balaban J connectivity index is 2.19. The fraction of sp³-hybridized carbons (Fsp3) is 0.200. The molecule has 0 saturated carbocycles. The second kappa shape index (κ2) is 8.45. The van der Waals surface area contributed by atoms with Crippen LogP contribution in [0.1, 0.15) is 12.8 Å². The molecule has 0 spiro atoms. The second-order valence-corrected chi connectivity index (χ2v) is 5.25. The number of rotatable bonds is 4. The third kappa shape index (κ3) is 4.62. The molecule has 2 aliphatic rings.